The van der Waals surface area contributed by atoms with Crippen LogP contribution in [0.3, 0.4) is 0 Å². The van der Waals surface area contributed by atoms with Crippen molar-refractivity contribution in [1.82, 2.24) is 10.2 Å². The lowest BCUT2D eigenvalue weighted by atomic mass is 9.94. The van der Waals surface area contributed by atoms with Gasteiger partial charge in [0.2, 0.25) is 5.91 Å². The average Bonchev–Trinajstić information content (AvgIpc) is 2.85. The smallest absolute Gasteiger partial charge is 0.261 e. The molecule has 0 bridgehead atoms. The fourth-order valence-electron chi connectivity index (χ4n) is 3.88. The van der Waals surface area contributed by atoms with E-state index in [1.165, 1.54) is 0 Å². The molecular weight excluding hydrogens is 376 g/mol. The number of fused-ring (bicyclic) bond motifs is 3. The van der Waals surface area contributed by atoms with E-state index in [9.17, 15) is 9.59 Å². The zero-order valence-corrected chi connectivity index (χ0v) is 17.5. The molecule has 1 heterocycles. The largest absolute Gasteiger partial charge is 0.483 e. The van der Waals surface area contributed by atoms with E-state index in [-0.39, 0.29) is 18.4 Å². The van der Waals surface area contributed by atoms with Crippen molar-refractivity contribution in [2.24, 2.45) is 0 Å². The van der Waals surface area contributed by atoms with Crippen molar-refractivity contribution >= 4 is 22.6 Å². The van der Waals surface area contributed by atoms with Gasteiger partial charge >= 0.3 is 0 Å². The van der Waals surface area contributed by atoms with Gasteiger partial charge in [-0.15, -0.1) is 0 Å². The van der Waals surface area contributed by atoms with Crippen LogP contribution in [0.15, 0.2) is 66.7 Å². The van der Waals surface area contributed by atoms with Gasteiger partial charge < -0.3 is 15.0 Å². The van der Waals surface area contributed by atoms with Crippen molar-refractivity contribution in [1.29, 1.82) is 0 Å². The van der Waals surface area contributed by atoms with E-state index in [4.69, 9.17) is 4.74 Å². The molecule has 1 atom stereocenters. The molecule has 0 saturated carbocycles. The number of ether oxygens (including phenoxy) is 1. The predicted molar refractivity (Wildman–Crippen MR) is 117 cm³/mol. The Morgan fingerprint density at radius 3 is 2.47 bits per heavy atom. The van der Waals surface area contributed by atoms with Crippen LogP contribution in [0.5, 0.6) is 5.75 Å². The maximum atomic E-state index is 13.6. The lowest BCUT2D eigenvalue weighted by molar-refractivity contribution is -0.142. The van der Waals surface area contributed by atoms with Crippen molar-refractivity contribution < 1.29 is 14.3 Å². The van der Waals surface area contributed by atoms with E-state index < -0.39 is 11.6 Å². The van der Waals surface area contributed by atoms with Crippen LogP contribution in [0.25, 0.3) is 10.8 Å². The van der Waals surface area contributed by atoms with Gasteiger partial charge in [-0.25, -0.2) is 0 Å². The van der Waals surface area contributed by atoms with Crippen molar-refractivity contribution in [3.05, 3.63) is 77.9 Å². The number of hydrogen-bond acceptors (Lipinski definition) is 3. The molecule has 0 spiro atoms. The van der Waals surface area contributed by atoms with Crippen molar-refractivity contribution in [2.75, 3.05) is 6.61 Å². The first-order valence-corrected chi connectivity index (χ1v) is 10.1. The van der Waals surface area contributed by atoms with Gasteiger partial charge in [0.1, 0.15) is 11.8 Å². The standard InChI is InChI=1S/C25H26N2O3/c1-25(2,3)26-24(29)23-22-19-12-8-7-11-18(19)13-14-20(22)30-16-21(28)27(23)15-17-9-5-4-6-10-17/h4-14,23H,15-16H2,1-3H3,(H,26,29). The summed E-state index contributed by atoms with van der Waals surface area (Å²) in [6.07, 6.45) is 0. The summed E-state index contributed by atoms with van der Waals surface area (Å²) in [4.78, 5) is 28.3. The number of carbonyl (C=O) groups is 2. The van der Waals surface area contributed by atoms with Gasteiger partial charge in [0.05, 0.1) is 0 Å². The Balaban J connectivity index is 1.89. The molecule has 5 nitrogen and oxygen atoms in total. The van der Waals surface area contributed by atoms with Crippen LogP contribution in [0, 0.1) is 0 Å². The second-order valence-electron chi connectivity index (χ2n) is 8.64. The van der Waals surface area contributed by atoms with Crippen LogP contribution < -0.4 is 10.1 Å². The minimum absolute atomic E-state index is 0.0997. The molecule has 0 aromatic heterocycles. The summed E-state index contributed by atoms with van der Waals surface area (Å²) in [5, 5.41) is 4.99. The zero-order valence-electron chi connectivity index (χ0n) is 17.5. The van der Waals surface area contributed by atoms with Gasteiger partial charge in [-0.3, -0.25) is 9.59 Å². The maximum Gasteiger partial charge on any atom is 0.261 e. The highest BCUT2D eigenvalue weighted by Gasteiger charge is 2.38. The minimum atomic E-state index is -0.791. The Morgan fingerprint density at radius 2 is 1.73 bits per heavy atom. The molecule has 154 valence electrons. The van der Waals surface area contributed by atoms with Gasteiger partial charge in [0, 0.05) is 17.6 Å². The molecule has 30 heavy (non-hydrogen) atoms. The van der Waals surface area contributed by atoms with Crippen LogP contribution in [0.1, 0.15) is 37.9 Å². The third-order valence-electron chi connectivity index (χ3n) is 5.13. The first kappa shape index (κ1) is 20.0. The van der Waals surface area contributed by atoms with E-state index in [0.29, 0.717) is 12.3 Å². The Kier molecular flexibility index (Phi) is 5.20. The Morgan fingerprint density at radius 1 is 1.03 bits per heavy atom. The Bertz CT molecular complexity index is 1090. The summed E-state index contributed by atoms with van der Waals surface area (Å²) in [5.74, 6) is 0.148. The van der Waals surface area contributed by atoms with Gasteiger partial charge in [0.25, 0.3) is 5.91 Å². The summed E-state index contributed by atoms with van der Waals surface area (Å²) in [6, 6.07) is 20.6. The third kappa shape index (κ3) is 4.01. The molecule has 1 unspecified atom stereocenters. The quantitative estimate of drug-likeness (QED) is 0.714. The van der Waals surface area contributed by atoms with Gasteiger partial charge in [-0.2, -0.15) is 0 Å². The minimum Gasteiger partial charge on any atom is -0.483 e. The summed E-state index contributed by atoms with van der Waals surface area (Å²) in [6.45, 7) is 6.04. The van der Waals surface area contributed by atoms with Gasteiger partial charge in [0.15, 0.2) is 6.61 Å². The number of carbonyl (C=O) groups excluding carboxylic acids is 2. The molecule has 2 amide bonds. The number of rotatable bonds is 3. The Hall–Kier alpha value is -3.34. The van der Waals surface area contributed by atoms with Gasteiger partial charge in [-0.1, -0.05) is 60.7 Å². The average molecular weight is 402 g/mol. The highest BCUT2D eigenvalue weighted by Crippen LogP contribution is 2.39. The summed E-state index contributed by atoms with van der Waals surface area (Å²) >= 11 is 0. The van der Waals surface area contributed by atoms with Crippen molar-refractivity contribution in [3.63, 3.8) is 0 Å². The predicted octanol–water partition coefficient (Wildman–Crippen LogP) is 4.22. The molecule has 0 saturated heterocycles. The molecule has 1 aliphatic rings. The van der Waals surface area contributed by atoms with Crippen LogP contribution in [-0.4, -0.2) is 28.9 Å². The number of nitrogens with one attached hydrogen (secondary N) is 1. The maximum absolute atomic E-state index is 13.6. The third-order valence-corrected chi connectivity index (χ3v) is 5.13. The highest BCUT2D eigenvalue weighted by molar-refractivity contribution is 5.98. The second-order valence-corrected chi connectivity index (χ2v) is 8.64. The molecule has 1 aliphatic heterocycles. The molecule has 4 rings (SSSR count). The number of hydrogen-bond donors (Lipinski definition) is 1. The van der Waals surface area contributed by atoms with E-state index >= 15 is 0 Å². The van der Waals surface area contributed by atoms with Crippen LogP contribution in [0.4, 0.5) is 0 Å². The summed E-state index contributed by atoms with van der Waals surface area (Å²) in [5.41, 5.74) is 1.26. The van der Waals surface area contributed by atoms with Crippen molar-refractivity contribution in [2.45, 2.75) is 38.9 Å². The molecule has 5 heteroatoms. The van der Waals surface area contributed by atoms with E-state index in [0.717, 1.165) is 21.9 Å². The molecule has 0 radical (unpaired) electrons. The topological polar surface area (TPSA) is 58.6 Å². The first-order valence-electron chi connectivity index (χ1n) is 10.1. The Labute approximate surface area is 176 Å². The lowest BCUT2D eigenvalue weighted by Gasteiger charge is -2.32. The second kappa shape index (κ2) is 7.82. The SMILES string of the molecule is CC(C)(C)NC(=O)C1c2c(ccc3ccccc23)OCC(=O)N1Cc1ccccc1. The summed E-state index contributed by atoms with van der Waals surface area (Å²) < 4.78 is 5.88. The van der Waals surface area contributed by atoms with Crippen molar-refractivity contribution in [3.8, 4) is 5.75 Å². The first-order chi connectivity index (χ1) is 14.3. The monoisotopic (exact) mass is 402 g/mol. The fraction of sp³-hybridized carbons (Fsp3) is 0.280. The molecular formula is C25H26N2O3. The van der Waals surface area contributed by atoms with Crippen LogP contribution in [0.2, 0.25) is 0 Å². The molecule has 0 fully saturated rings. The highest BCUT2D eigenvalue weighted by atomic mass is 16.5. The number of benzene rings is 3. The van der Waals surface area contributed by atoms with Crippen LogP contribution in [-0.2, 0) is 16.1 Å². The lowest BCUT2D eigenvalue weighted by Crippen LogP contribution is -2.49. The molecule has 3 aromatic rings. The van der Waals surface area contributed by atoms with Crippen LogP contribution >= 0.6 is 0 Å². The zero-order chi connectivity index (χ0) is 21.3. The fourth-order valence-corrected chi connectivity index (χ4v) is 3.88. The number of nitrogens with zero attached hydrogens (tertiary/aromatic N) is 1. The molecule has 3 aromatic carbocycles. The van der Waals surface area contributed by atoms with E-state index in [1.807, 2.05) is 87.5 Å². The van der Waals surface area contributed by atoms with Gasteiger partial charge in [-0.05, 0) is 43.2 Å². The van der Waals surface area contributed by atoms with E-state index in [2.05, 4.69) is 5.32 Å². The molecule has 1 N–H and O–H groups in total. The molecule has 0 aliphatic carbocycles. The van der Waals surface area contributed by atoms with E-state index in [1.54, 1.807) is 4.90 Å². The summed E-state index contributed by atoms with van der Waals surface area (Å²) in [7, 11) is 0. The normalized spacial score (nSPS) is 16.6. The number of amides is 2.